The maximum absolute atomic E-state index is 13.7. The van der Waals surface area contributed by atoms with Crippen LogP contribution < -0.4 is 10.6 Å². The van der Waals surface area contributed by atoms with Crippen LogP contribution in [0.25, 0.3) is 0 Å². The Labute approximate surface area is 191 Å². The Hall–Kier alpha value is -2.84. The van der Waals surface area contributed by atoms with Crippen LogP contribution in [-0.4, -0.2) is 23.0 Å². The SMILES string of the molecule is CC1(C)C2CCC1(C)C(N1OC1c1ccc(NC(=O)NC(=O)c3c(F)cccc3F)cc1)C2. The molecule has 0 radical (unpaired) electrons. The molecule has 1 saturated heterocycles. The van der Waals surface area contributed by atoms with E-state index in [1.165, 1.54) is 12.8 Å². The molecule has 1 heterocycles. The van der Waals surface area contributed by atoms with Gasteiger partial charge in [-0.05, 0) is 65.8 Å². The van der Waals surface area contributed by atoms with Gasteiger partial charge in [-0.2, -0.15) is 0 Å². The van der Waals surface area contributed by atoms with E-state index in [0.29, 0.717) is 17.1 Å². The summed E-state index contributed by atoms with van der Waals surface area (Å²) < 4.78 is 27.4. The smallest absolute Gasteiger partial charge is 0.308 e. The Balaban J connectivity index is 1.19. The minimum Gasteiger partial charge on any atom is -0.308 e. The highest BCUT2D eigenvalue weighted by molar-refractivity contribution is 6.08. The zero-order chi connectivity index (χ0) is 23.5. The van der Waals surface area contributed by atoms with Crippen LogP contribution in [0.15, 0.2) is 42.5 Å². The number of hydrogen-bond donors (Lipinski definition) is 2. The van der Waals surface area contributed by atoms with Crippen molar-refractivity contribution in [2.24, 2.45) is 16.7 Å². The van der Waals surface area contributed by atoms with E-state index in [4.69, 9.17) is 4.84 Å². The molecule has 174 valence electrons. The van der Waals surface area contributed by atoms with Crippen molar-refractivity contribution in [1.29, 1.82) is 0 Å². The predicted molar refractivity (Wildman–Crippen MR) is 118 cm³/mol. The van der Waals surface area contributed by atoms with Crippen LogP contribution >= 0.6 is 0 Å². The van der Waals surface area contributed by atoms with Crippen LogP contribution in [0.2, 0.25) is 0 Å². The number of nitrogens with one attached hydrogen (secondary N) is 2. The molecule has 33 heavy (non-hydrogen) atoms. The molecule has 2 saturated carbocycles. The van der Waals surface area contributed by atoms with E-state index in [2.05, 4.69) is 31.2 Å². The van der Waals surface area contributed by atoms with Gasteiger partial charge >= 0.3 is 6.03 Å². The number of halogens is 2. The highest BCUT2D eigenvalue weighted by Gasteiger charge is 2.66. The molecule has 3 aliphatic rings. The number of hydroxylamine groups is 2. The van der Waals surface area contributed by atoms with Crippen molar-refractivity contribution in [2.75, 3.05) is 5.32 Å². The lowest BCUT2D eigenvalue weighted by Crippen LogP contribution is -2.39. The fourth-order valence-corrected chi connectivity index (χ4v) is 5.85. The van der Waals surface area contributed by atoms with E-state index in [1.807, 2.05) is 17.4 Å². The van der Waals surface area contributed by atoms with E-state index < -0.39 is 29.1 Å². The largest absolute Gasteiger partial charge is 0.326 e. The van der Waals surface area contributed by atoms with Gasteiger partial charge in [-0.1, -0.05) is 39.0 Å². The lowest BCUT2D eigenvalue weighted by atomic mass is 9.69. The molecule has 1 aliphatic heterocycles. The third-order valence-electron chi connectivity index (χ3n) is 8.33. The average molecular weight is 456 g/mol. The predicted octanol–water partition coefficient (Wildman–Crippen LogP) is 5.39. The lowest BCUT2D eigenvalue weighted by molar-refractivity contribution is 0.0306. The number of urea groups is 1. The molecule has 5 atom stereocenters. The van der Waals surface area contributed by atoms with Crippen molar-refractivity contribution >= 4 is 17.6 Å². The van der Waals surface area contributed by atoms with Crippen molar-refractivity contribution < 1.29 is 23.2 Å². The number of anilines is 1. The standard InChI is InChI=1S/C25H27F2N3O3/c1-24(2)15-11-12-25(24,3)19(13-15)30-22(33-30)14-7-9-16(10-8-14)28-23(32)29-21(31)20-17(26)5-4-6-18(20)27/h4-10,15,19,22H,11-13H2,1-3H3,(H2,28,29,31,32). The number of benzene rings is 2. The number of carbonyl (C=O) groups excluding carboxylic acids is 2. The monoisotopic (exact) mass is 455 g/mol. The third kappa shape index (κ3) is 3.52. The molecule has 3 fully saturated rings. The van der Waals surface area contributed by atoms with Crippen LogP contribution in [0.5, 0.6) is 0 Å². The number of carbonyl (C=O) groups is 2. The maximum Gasteiger partial charge on any atom is 0.326 e. The first-order valence-electron chi connectivity index (χ1n) is 11.2. The second-order valence-corrected chi connectivity index (χ2v) is 10.1. The van der Waals surface area contributed by atoms with Gasteiger partial charge in [0.1, 0.15) is 17.2 Å². The number of nitrogens with zero attached hydrogens (tertiary/aromatic N) is 1. The Morgan fingerprint density at radius 1 is 1.06 bits per heavy atom. The number of rotatable bonds is 4. The molecule has 0 spiro atoms. The molecule has 0 aromatic heterocycles. The molecule has 2 bridgehead atoms. The van der Waals surface area contributed by atoms with Gasteiger partial charge in [-0.25, -0.2) is 13.6 Å². The number of fused-ring (bicyclic) bond motifs is 2. The highest BCUT2D eigenvalue weighted by atomic mass is 19.1. The normalized spacial score (nSPS) is 31.3. The highest BCUT2D eigenvalue weighted by Crippen LogP contribution is 2.68. The minimum absolute atomic E-state index is 0.101. The van der Waals surface area contributed by atoms with Crippen LogP contribution in [-0.2, 0) is 4.84 Å². The van der Waals surface area contributed by atoms with Crippen molar-refractivity contribution in [3.8, 4) is 0 Å². The summed E-state index contributed by atoms with van der Waals surface area (Å²) in [5, 5.41) is 6.56. The third-order valence-corrected chi connectivity index (χ3v) is 8.33. The van der Waals surface area contributed by atoms with Crippen molar-refractivity contribution in [1.82, 2.24) is 10.4 Å². The van der Waals surface area contributed by atoms with Crippen molar-refractivity contribution in [3.05, 3.63) is 65.2 Å². The Morgan fingerprint density at radius 3 is 2.30 bits per heavy atom. The van der Waals surface area contributed by atoms with E-state index in [-0.39, 0.29) is 11.6 Å². The van der Waals surface area contributed by atoms with E-state index in [9.17, 15) is 18.4 Å². The van der Waals surface area contributed by atoms with Crippen LogP contribution in [0.4, 0.5) is 19.3 Å². The summed E-state index contributed by atoms with van der Waals surface area (Å²) in [6, 6.07) is 9.70. The van der Waals surface area contributed by atoms with Crippen LogP contribution in [0.3, 0.4) is 0 Å². The molecule has 5 rings (SSSR count). The van der Waals surface area contributed by atoms with Gasteiger partial charge in [-0.3, -0.25) is 14.9 Å². The summed E-state index contributed by atoms with van der Waals surface area (Å²) in [5.74, 6) is -2.50. The molecule has 2 aromatic rings. The first-order valence-corrected chi connectivity index (χ1v) is 11.2. The Morgan fingerprint density at radius 2 is 1.73 bits per heavy atom. The van der Waals surface area contributed by atoms with E-state index >= 15 is 0 Å². The first-order chi connectivity index (χ1) is 15.6. The van der Waals surface area contributed by atoms with E-state index in [0.717, 1.165) is 36.1 Å². The van der Waals surface area contributed by atoms with Crippen LogP contribution in [0.1, 0.15) is 62.2 Å². The molecular formula is C25H27F2N3O3. The zero-order valence-electron chi connectivity index (χ0n) is 18.8. The quantitative estimate of drug-likeness (QED) is 0.607. The Kier molecular flexibility index (Phi) is 5.06. The number of hydrogen-bond acceptors (Lipinski definition) is 4. The van der Waals surface area contributed by atoms with E-state index in [1.54, 1.807) is 12.1 Å². The van der Waals surface area contributed by atoms with Gasteiger partial charge in [0, 0.05) is 11.7 Å². The molecule has 3 amide bonds. The fourth-order valence-electron chi connectivity index (χ4n) is 5.85. The fraction of sp³-hybridized carbons (Fsp3) is 0.440. The Bertz CT molecular complexity index is 1100. The van der Waals surface area contributed by atoms with Gasteiger partial charge in [0.05, 0.1) is 0 Å². The topological polar surface area (TPSA) is 73.7 Å². The van der Waals surface area contributed by atoms with Crippen molar-refractivity contribution in [2.45, 2.75) is 52.3 Å². The van der Waals surface area contributed by atoms with Gasteiger partial charge in [-0.15, -0.1) is 5.06 Å². The number of amides is 3. The zero-order valence-corrected chi connectivity index (χ0v) is 18.8. The summed E-state index contributed by atoms with van der Waals surface area (Å²) >= 11 is 0. The lowest BCUT2D eigenvalue weighted by Gasteiger charge is -2.38. The average Bonchev–Trinajstić information content (AvgIpc) is 3.47. The van der Waals surface area contributed by atoms with Crippen LogP contribution in [0, 0.1) is 28.4 Å². The maximum atomic E-state index is 13.7. The molecule has 8 heteroatoms. The molecule has 2 N–H and O–H groups in total. The minimum atomic E-state index is -1.15. The van der Waals surface area contributed by atoms with Gasteiger partial charge in [0.2, 0.25) is 0 Å². The second kappa shape index (κ2) is 7.60. The summed E-state index contributed by atoms with van der Waals surface area (Å²) in [7, 11) is 0. The molecule has 5 unspecified atom stereocenters. The van der Waals surface area contributed by atoms with Gasteiger partial charge in [0.25, 0.3) is 5.91 Å². The van der Waals surface area contributed by atoms with Crippen molar-refractivity contribution in [3.63, 3.8) is 0 Å². The first kappa shape index (κ1) is 22.0. The second-order valence-electron chi connectivity index (χ2n) is 10.1. The summed E-state index contributed by atoms with van der Waals surface area (Å²) in [5.41, 5.74) is 1.16. The molecule has 2 aliphatic carbocycles. The van der Waals surface area contributed by atoms with Gasteiger partial charge in [0.15, 0.2) is 6.23 Å². The van der Waals surface area contributed by atoms with Gasteiger partial charge < -0.3 is 5.32 Å². The summed E-state index contributed by atoms with van der Waals surface area (Å²) in [6.45, 7) is 7.13. The molecule has 6 nitrogen and oxygen atoms in total. The molecule has 2 aromatic carbocycles. The summed E-state index contributed by atoms with van der Waals surface area (Å²) in [6.07, 6.45) is 3.55. The number of imide groups is 1. The molecular weight excluding hydrogens is 428 g/mol. The summed E-state index contributed by atoms with van der Waals surface area (Å²) in [4.78, 5) is 30.1.